The van der Waals surface area contributed by atoms with Crippen LogP contribution in [-0.2, 0) is 22.9 Å². The van der Waals surface area contributed by atoms with Gasteiger partial charge in [-0.05, 0) is 19.8 Å². The fourth-order valence-corrected chi connectivity index (χ4v) is 2.62. The monoisotopic (exact) mass is 271 g/mol. The normalized spacial score (nSPS) is 16.1. The first-order chi connectivity index (χ1) is 8.52. The third kappa shape index (κ3) is 3.55. The van der Waals surface area contributed by atoms with Crippen molar-refractivity contribution in [3.63, 3.8) is 0 Å². The lowest BCUT2D eigenvalue weighted by Crippen LogP contribution is -2.21. The van der Waals surface area contributed by atoms with Crippen molar-refractivity contribution in [3.05, 3.63) is 17.7 Å². The summed E-state index contributed by atoms with van der Waals surface area (Å²) >= 11 is 0. The van der Waals surface area contributed by atoms with Gasteiger partial charge in [0.1, 0.15) is 5.82 Å². The molecule has 18 heavy (non-hydrogen) atoms. The largest absolute Gasteiger partial charge is 0.330 e. The predicted octanol–water partition coefficient (Wildman–Crippen LogP) is 0.878. The molecule has 102 valence electrons. The van der Waals surface area contributed by atoms with Gasteiger partial charge < -0.3 is 9.88 Å². The highest BCUT2D eigenvalue weighted by atomic mass is 32.2. The molecule has 0 bridgehead atoms. The van der Waals surface area contributed by atoms with Crippen LogP contribution >= 0.6 is 0 Å². The minimum atomic E-state index is -2.92. The third-order valence-electron chi connectivity index (χ3n) is 3.35. The van der Waals surface area contributed by atoms with Crippen LogP contribution in [0, 0.1) is 6.92 Å². The molecule has 1 saturated carbocycles. The smallest absolute Gasteiger partial charge is 0.151 e. The SMILES string of the molecule is CCS(=O)(=O)CCn1c(CNC2CC2)cnc1C. The van der Waals surface area contributed by atoms with E-state index in [0.717, 1.165) is 18.1 Å². The molecular formula is C12H21N3O2S. The first-order valence-electron chi connectivity index (χ1n) is 6.46. The van der Waals surface area contributed by atoms with Gasteiger partial charge in [-0.1, -0.05) is 6.92 Å². The molecule has 0 aromatic carbocycles. The van der Waals surface area contributed by atoms with E-state index in [-0.39, 0.29) is 11.5 Å². The first-order valence-corrected chi connectivity index (χ1v) is 8.29. The molecule has 2 rings (SSSR count). The molecule has 0 aliphatic heterocycles. The zero-order valence-corrected chi connectivity index (χ0v) is 11.8. The van der Waals surface area contributed by atoms with Crippen LogP contribution in [-0.4, -0.2) is 35.5 Å². The fraction of sp³-hybridized carbons (Fsp3) is 0.750. The third-order valence-corrected chi connectivity index (χ3v) is 5.04. The maximum Gasteiger partial charge on any atom is 0.151 e. The quantitative estimate of drug-likeness (QED) is 0.799. The minimum absolute atomic E-state index is 0.192. The molecule has 0 saturated heterocycles. The average Bonchev–Trinajstić information content (AvgIpc) is 3.10. The second-order valence-electron chi connectivity index (χ2n) is 4.84. The predicted molar refractivity (Wildman–Crippen MR) is 71.2 cm³/mol. The van der Waals surface area contributed by atoms with Crippen molar-refractivity contribution < 1.29 is 8.42 Å². The summed E-state index contributed by atoms with van der Waals surface area (Å²) in [5, 5.41) is 3.43. The lowest BCUT2D eigenvalue weighted by atomic mass is 10.4. The second-order valence-corrected chi connectivity index (χ2v) is 7.31. The van der Waals surface area contributed by atoms with Crippen LogP contribution in [0.5, 0.6) is 0 Å². The Morgan fingerprint density at radius 3 is 2.83 bits per heavy atom. The van der Waals surface area contributed by atoms with Crippen molar-refractivity contribution in [3.8, 4) is 0 Å². The molecule has 0 atom stereocenters. The minimum Gasteiger partial charge on any atom is -0.330 e. The van der Waals surface area contributed by atoms with Crippen LogP contribution in [0.25, 0.3) is 0 Å². The second kappa shape index (κ2) is 5.40. The van der Waals surface area contributed by atoms with E-state index in [9.17, 15) is 8.42 Å². The zero-order valence-electron chi connectivity index (χ0n) is 11.0. The fourth-order valence-electron chi connectivity index (χ4n) is 1.87. The van der Waals surface area contributed by atoms with E-state index in [4.69, 9.17) is 0 Å². The van der Waals surface area contributed by atoms with Crippen molar-refractivity contribution in [1.82, 2.24) is 14.9 Å². The van der Waals surface area contributed by atoms with E-state index in [2.05, 4.69) is 10.3 Å². The number of nitrogens with zero attached hydrogens (tertiary/aromatic N) is 2. The van der Waals surface area contributed by atoms with Crippen LogP contribution in [0.2, 0.25) is 0 Å². The Morgan fingerprint density at radius 1 is 1.50 bits per heavy atom. The van der Waals surface area contributed by atoms with Gasteiger partial charge >= 0.3 is 0 Å². The molecule has 0 amide bonds. The molecule has 1 aromatic rings. The molecule has 1 N–H and O–H groups in total. The van der Waals surface area contributed by atoms with Gasteiger partial charge in [0.15, 0.2) is 9.84 Å². The number of nitrogens with one attached hydrogen (secondary N) is 1. The number of sulfone groups is 1. The summed E-state index contributed by atoms with van der Waals surface area (Å²) in [6.07, 6.45) is 4.33. The molecule has 5 nitrogen and oxygen atoms in total. The molecule has 1 heterocycles. The summed E-state index contributed by atoms with van der Waals surface area (Å²) in [7, 11) is -2.92. The topological polar surface area (TPSA) is 64.0 Å². The highest BCUT2D eigenvalue weighted by Gasteiger charge is 2.21. The Hall–Kier alpha value is -0.880. The van der Waals surface area contributed by atoms with Gasteiger partial charge in [0.25, 0.3) is 0 Å². The number of rotatable bonds is 7. The van der Waals surface area contributed by atoms with Crippen molar-refractivity contribution in [2.24, 2.45) is 0 Å². The number of imidazole rings is 1. The van der Waals surface area contributed by atoms with Gasteiger partial charge in [0, 0.05) is 31.1 Å². The van der Waals surface area contributed by atoms with Crippen LogP contribution < -0.4 is 5.32 Å². The highest BCUT2D eigenvalue weighted by Crippen LogP contribution is 2.19. The molecule has 1 aromatic heterocycles. The lowest BCUT2D eigenvalue weighted by molar-refractivity contribution is 0.580. The Balaban J connectivity index is 1.99. The summed E-state index contributed by atoms with van der Waals surface area (Å²) in [5.41, 5.74) is 1.07. The Bertz CT molecular complexity index is 503. The van der Waals surface area contributed by atoms with Crippen molar-refractivity contribution in [2.45, 2.75) is 45.8 Å². The molecule has 1 aliphatic rings. The van der Waals surface area contributed by atoms with Gasteiger partial charge in [-0.2, -0.15) is 0 Å². The van der Waals surface area contributed by atoms with Crippen LogP contribution in [0.15, 0.2) is 6.20 Å². The molecular weight excluding hydrogens is 250 g/mol. The van der Waals surface area contributed by atoms with Gasteiger partial charge in [-0.25, -0.2) is 13.4 Å². The van der Waals surface area contributed by atoms with E-state index in [1.165, 1.54) is 12.8 Å². The Morgan fingerprint density at radius 2 is 2.22 bits per heavy atom. The highest BCUT2D eigenvalue weighted by molar-refractivity contribution is 7.91. The molecule has 1 aliphatic carbocycles. The van der Waals surface area contributed by atoms with E-state index in [1.54, 1.807) is 6.92 Å². The molecule has 0 radical (unpaired) electrons. The number of hydrogen-bond acceptors (Lipinski definition) is 4. The lowest BCUT2D eigenvalue weighted by Gasteiger charge is -2.10. The van der Waals surface area contributed by atoms with E-state index < -0.39 is 9.84 Å². The summed E-state index contributed by atoms with van der Waals surface area (Å²) < 4.78 is 25.1. The first kappa shape index (κ1) is 13.5. The van der Waals surface area contributed by atoms with Crippen molar-refractivity contribution in [2.75, 3.05) is 11.5 Å². The summed E-state index contributed by atoms with van der Waals surface area (Å²) in [6, 6.07) is 0.646. The average molecular weight is 271 g/mol. The van der Waals surface area contributed by atoms with Crippen LogP contribution in [0.1, 0.15) is 31.3 Å². The van der Waals surface area contributed by atoms with Gasteiger partial charge in [0.2, 0.25) is 0 Å². The molecule has 0 spiro atoms. The number of hydrogen-bond donors (Lipinski definition) is 1. The van der Waals surface area contributed by atoms with Crippen molar-refractivity contribution >= 4 is 9.84 Å². The van der Waals surface area contributed by atoms with Crippen molar-refractivity contribution in [1.29, 1.82) is 0 Å². The maximum atomic E-state index is 11.5. The summed E-state index contributed by atoms with van der Waals surface area (Å²) in [6.45, 7) is 4.88. The zero-order chi connectivity index (χ0) is 13.2. The van der Waals surface area contributed by atoms with Gasteiger partial charge in [-0.15, -0.1) is 0 Å². The van der Waals surface area contributed by atoms with E-state index in [0.29, 0.717) is 12.6 Å². The Labute approximate surface area is 109 Å². The van der Waals surface area contributed by atoms with Gasteiger partial charge in [-0.3, -0.25) is 0 Å². The molecule has 1 fully saturated rings. The summed E-state index contributed by atoms with van der Waals surface area (Å²) in [4.78, 5) is 4.27. The van der Waals surface area contributed by atoms with E-state index in [1.807, 2.05) is 17.7 Å². The van der Waals surface area contributed by atoms with Crippen LogP contribution in [0.3, 0.4) is 0 Å². The molecule has 6 heteroatoms. The molecule has 0 unspecified atom stereocenters. The van der Waals surface area contributed by atoms with Gasteiger partial charge in [0.05, 0.1) is 11.4 Å². The van der Waals surface area contributed by atoms with E-state index >= 15 is 0 Å². The van der Waals surface area contributed by atoms with Crippen LogP contribution in [0.4, 0.5) is 0 Å². The summed E-state index contributed by atoms with van der Waals surface area (Å²) in [5.74, 6) is 1.28. The standard InChI is InChI=1S/C12H21N3O2S/c1-3-18(16,17)7-6-15-10(2)13-8-12(15)9-14-11-4-5-11/h8,11,14H,3-7,9H2,1-2H3. The Kier molecular flexibility index (Phi) is 4.07. The number of aromatic nitrogens is 2. The maximum absolute atomic E-state index is 11.5. The number of aryl methyl sites for hydroxylation is 1.